The van der Waals surface area contributed by atoms with E-state index in [0.717, 1.165) is 49.7 Å². The molecule has 12 heteroatoms. The van der Waals surface area contributed by atoms with Crippen molar-refractivity contribution in [1.82, 2.24) is 0 Å². The molecular weight excluding hydrogens is 711 g/mol. The van der Waals surface area contributed by atoms with Crippen molar-refractivity contribution in [2.24, 2.45) is 23.7 Å². The molecule has 2 fully saturated rings. The second-order valence-electron chi connectivity index (χ2n) is 17.0. The lowest BCUT2D eigenvalue weighted by atomic mass is 9.84. The van der Waals surface area contributed by atoms with Crippen LogP contribution in [0.4, 0.5) is 11.4 Å². The van der Waals surface area contributed by atoms with E-state index in [1.54, 1.807) is 45.3 Å². The van der Waals surface area contributed by atoms with E-state index in [2.05, 4.69) is 59.2 Å². The van der Waals surface area contributed by atoms with Crippen molar-refractivity contribution in [1.29, 1.82) is 0 Å². The molecule has 2 saturated carbocycles. The first-order valence-electron chi connectivity index (χ1n) is 19.9. The maximum Gasteiger partial charge on any atom is 0.406 e. The molecule has 0 saturated heterocycles. The van der Waals surface area contributed by atoms with Crippen LogP contribution >= 0.6 is 0 Å². The quantitative estimate of drug-likeness (QED) is 0.0392. The summed E-state index contributed by atoms with van der Waals surface area (Å²) in [5, 5.41) is 13.3. The summed E-state index contributed by atoms with van der Waals surface area (Å²) in [6, 6.07) is 6.84. The first-order valence-corrected chi connectivity index (χ1v) is 22.8. The Hall–Kier alpha value is -3.74. The highest BCUT2D eigenvalue weighted by Gasteiger charge is 2.41. The van der Waals surface area contributed by atoms with E-state index < -0.39 is 15.4 Å². The molecule has 0 bridgehead atoms. The van der Waals surface area contributed by atoms with Crippen LogP contribution in [-0.4, -0.2) is 66.0 Å². The maximum atomic E-state index is 13.9. The van der Waals surface area contributed by atoms with Gasteiger partial charge in [-0.3, -0.25) is 9.59 Å². The van der Waals surface area contributed by atoms with Crippen LogP contribution in [0.25, 0.3) is 0 Å². The zero-order valence-corrected chi connectivity index (χ0v) is 35.8. The number of hydrogen-bond acceptors (Lipinski definition) is 10. The first kappa shape index (κ1) is 44.0. The molecule has 0 aliphatic heterocycles. The monoisotopic (exact) mass is 776 g/mol. The van der Waals surface area contributed by atoms with Gasteiger partial charge in [-0.1, -0.05) is 58.4 Å². The van der Waals surface area contributed by atoms with E-state index in [1.807, 2.05) is 0 Å². The van der Waals surface area contributed by atoms with Gasteiger partial charge in [-0.05, 0) is 93.9 Å². The molecular formula is C43H65BN2O8Si. The molecule has 302 valence electrons. The predicted molar refractivity (Wildman–Crippen MR) is 226 cm³/mol. The highest BCUT2D eigenvalue weighted by atomic mass is 28.4. The Labute approximate surface area is 330 Å². The van der Waals surface area contributed by atoms with Gasteiger partial charge in [-0.15, -0.1) is 0 Å². The lowest BCUT2D eigenvalue weighted by Gasteiger charge is -2.37. The van der Waals surface area contributed by atoms with Crippen molar-refractivity contribution in [3.8, 4) is 23.0 Å². The van der Waals surface area contributed by atoms with Crippen LogP contribution < -0.4 is 29.9 Å². The van der Waals surface area contributed by atoms with Crippen molar-refractivity contribution < 1.29 is 38.0 Å². The van der Waals surface area contributed by atoms with Gasteiger partial charge in [0, 0.05) is 53.1 Å². The van der Waals surface area contributed by atoms with E-state index in [0.29, 0.717) is 78.2 Å². The summed E-state index contributed by atoms with van der Waals surface area (Å²) in [4.78, 5) is 27.7. The molecule has 55 heavy (non-hydrogen) atoms. The molecule has 0 aromatic heterocycles. The number of hydrogen-bond donors (Lipinski definition) is 3. The number of Topliss-reactive ketones (excluding diaryl/α,β-unsaturated/α-hetero) is 2. The summed E-state index contributed by atoms with van der Waals surface area (Å²) >= 11 is 0. The number of carbonyl (C=O) groups is 2. The average molecular weight is 777 g/mol. The van der Waals surface area contributed by atoms with Crippen molar-refractivity contribution in [2.75, 3.05) is 45.0 Å². The number of ketones is 2. The van der Waals surface area contributed by atoms with Gasteiger partial charge in [0.1, 0.15) is 0 Å². The van der Waals surface area contributed by atoms with Gasteiger partial charge in [-0.2, -0.15) is 0 Å². The average Bonchev–Trinajstić information content (AvgIpc) is 3.70. The topological polar surface area (TPSA) is 139 Å². The van der Waals surface area contributed by atoms with Crippen molar-refractivity contribution in [2.45, 2.75) is 104 Å². The Morgan fingerprint density at radius 3 is 1.87 bits per heavy atom. The van der Waals surface area contributed by atoms with Crippen LogP contribution in [0.1, 0.15) is 99.8 Å². The largest absolute Gasteiger partial charge is 0.493 e. The van der Waals surface area contributed by atoms with Crippen molar-refractivity contribution in [3.63, 3.8) is 0 Å². The third-order valence-electron chi connectivity index (χ3n) is 11.8. The molecule has 2 aromatic rings. The molecule has 4 atom stereocenters. The normalized spacial score (nSPS) is 20.0. The lowest BCUT2D eigenvalue weighted by molar-refractivity contribution is 0.0855. The maximum absolute atomic E-state index is 13.9. The number of carbonyl (C=O) groups excluding carboxylic acids is 2. The van der Waals surface area contributed by atoms with Gasteiger partial charge in [-0.25, -0.2) is 0 Å². The van der Waals surface area contributed by atoms with Gasteiger partial charge in [0.15, 0.2) is 42.9 Å². The SMILES string of the molecule is C=C1CC(C(=O)c2cc(OC)c(OCCCCCOc3cc(NB(C)O)c(C(=O)C4CC(=C)C[C@H]4CC)cc3OC)cc2N)[C@H](CO[Si](C)(C)C(C)(C)C)C1. The van der Waals surface area contributed by atoms with Crippen LogP contribution in [-0.2, 0) is 4.43 Å². The van der Waals surface area contributed by atoms with Crippen LogP contribution in [0.15, 0.2) is 48.6 Å². The minimum absolute atomic E-state index is 0.0123. The third-order valence-corrected chi connectivity index (χ3v) is 16.3. The molecule has 2 aliphatic rings. The molecule has 0 amide bonds. The summed E-state index contributed by atoms with van der Waals surface area (Å²) in [6.07, 6.45) is 6.14. The van der Waals surface area contributed by atoms with Gasteiger partial charge >= 0.3 is 7.05 Å². The van der Waals surface area contributed by atoms with Gasteiger partial charge in [0.2, 0.25) is 0 Å². The Morgan fingerprint density at radius 1 is 0.836 bits per heavy atom. The number of methoxy groups -OCH3 is 2. The lowest BCUT2D eigenvalue weighted by Crippen LogP contribution is -2.42. The molecule has 0 radical (unpaired) electrons. The van der Waals surface area contributed by atoms with E-state index in [4.69, 9.17) is 29.1 Å². The molecule has 2 aliphatic carbocycles. The number of rotatable bonds is 20. The molecule has 2 unspecified atom stereocenters. The highest BCUT2D eigenvalue weighted by molar-refractivity contribution is 6.74. The second-order valence-corrected chi connectivity index (χ2v) is 21.8. The van der Waals surface area contributed by atoms with Crippen LogP contribution in [0.5, 0.6) is 23.0 Å². The second kappa shape index (κ2) is 18.9. The molecule has 4 N–H and O–H groups in total. The fourth-order valence-electron chi connectivity index (χ4n) is 7.48. The van der Waals surface area contributed by atoms with E-state index in [-0.39, 0.29) is 40.3 Å². The predicted octanol–water partition coefficient (Wildman–Crippen LogP) is 9.40. The Balaban J connectivity index is 1.33. The first-order chi connectivity index (χ1) is 25.9. The Bertz CT molecular complexity index is 1700. The highest BCUT2D eigenvalue weighted by Crippen LogP contribution is 2.44. The zero-order valence-electron chi connectivity index (χ0n) is 34.8. The number of anilines is 2. The third kappa shape index (κ3) is 11.0. The minimum Gasteiger partial charge on any atom is -0.493 e. The van der Waals surface area contributed by atoms with Crippen LogP contribution in [0.2, 0.25) is 25.0 Å². The van der Waals surface area contributed by atoms with Gasteiger partial charge < -0.3 is 39.4 Å². The molecule has 0 heterocycles. The zero-order chi connectivity index (χ0) is 40.7. The minimum atomic E-state index is -1.97. The number of nitrogens with two attached hydrogens (primary N) is 1. The summed E-state index contributed by atoms with van der Waals surface area (Å²) in [5.41, 5.74) is 10.4. The molecule has 2 aromatic carbocycles. The van der Waals surface area contributed by atoms with E-state index >= 15 is 0 Å². The summed E-state index contributed by atoms with van der Waals surface area (Å²) < 4.78 is 30.1. The summed E-state index contributed by atoms with van der Waals surface area (Å²) in [6.45, 7) is 24.6. The molecule has 0 spiro atoms. The number of nitrogen functional groups attached to an aromatic ring is 1. The summed E-state index contributed by atoms with van der Waals surface area (Å²) in [7, 11) is 0.278. The fourth-order valence-corrected chi connectivity index (χ4v) is 8.55. The molecule has 4 rings (SSSR count). The fraction of sp³-hybridized carbons (Fsp3) is 0.581. The van der Waals surface area contributed by atoms with Crippen molar-refractivity contribution >= 4 is 38.3 Å². The number of nitrogens with one attached hydrogen (secondary N) is 1. The van der Waals surface area contributed by atoms with Gasteiger partial charge in [0.05, 0.1) is 27.4 Å². The number of ether oxygens (including phenoxy) is 4. The number of unbranched alkanes of at least 4 members (excludes halogenated alkanes) is 2. The van der Waals surface area contributed by atoms with Crippen LogP contribution in [0, 0.1) is 23.7 Å². The molecule has 10 nitrogen and oxygen atoms in total. The Kier molecular flexibility index (Phi) is 15.1. The number of allylic oxidation sites excluding steroid dienone is 2. The van der Waals surface area contributed by atoms with Gasteiger partial charge in [0.25, 0.3) is 0 Å². The van der Waals surface area contributed by atoms with Crippen molar-refractivity contribution in [3.05, 3.63) is 59.7 Å². The standard InChI is InChI=1S/C43H65BN2O8Si/c1-12-29-18-27(2)20-31(29)42(48)34-23-38(51-9)40(25-36(34)46-44(7)49)53-17-15-13-14-16-52-39-24-35(45)33(22-37(39)50-8)41(47)32-21-28(3)19-30(32)26-54-55(10,11)43(4,5)6/h22-25,29-32,46,49H,2-3,12-21,26,45H2,1,4-11H3/t29-,30+,31?,32?/m1/s1. The number of benzene rings is 2. The van der Waals surface area contributed by atoms with E-state index in [9.17, 15) is 14.6 Å². The Morgan fingerprint density at radius 2 is 1.35 bits per heavy atom. The summed E-state index contributed by atoms with van der Waals surface area (Å²) in [5.74, 6) is 1.84. The van der Waals surface area contributed by atoms with Crippen LogP contribution in [0.3, 0.4) is 0 Å². The van der Waals surface area contributed by atoms with E-state index in [1.165, 1.54) is 0 Å². The smallest absolute Gasteiger partial charge is 0.406 e.